The van der Waals surface area contributed by atoms with Gasteiger partial charge in [0.05, 0.1) is 6.61 Å². The van der Waals surface area contributed by atoms with Crippen molar-refractivity contribution in [2.24, 2.45) is 5.41 Å². The van der Waals surface area contributed by atoms with E-state index in [9.17, 15) is 0 Å². The summed E-state index contributed by atoms with van der Waals surface area (Å²) in [6, 6.07) is 4.29. The van der Waals surface area contributed by atoms with E-state index in [1.807, 2.05) is 12.4 Å². The number of hydrogen-bond acceptors (Lipinski definition) is 4. The fourth-order valence-electron chi connectivity index (χ4n) is 4.15. The van der Waals surface area contributed by atoms with Crippen molar-refractivity contribution in [3.63, 3.8) is 0 Å². The van der Waals surface area contributed by atoms with Crippen molar-refractivity contribution in [1.29, 1.82) is 0 Å². The zero-order chi connectivity index (χ0) is 14.6. The van der Waals surface area contributed by atoms with Gasteiger partial charge in [-0.05, 0) is 42.7 Å². The van der Waals surface area contributed by atoms with Crippen LogP contribution in [-0.4, -0.2) is 45.0 Å². The monoisotopic (exact) mass is 290 g/mol. The second kappa shape index (κ2) is 6.42. The first-order valence-electron chi connectivity index (χ1n) is 7.97. The molecule has 0 amide bonds. The standard InChI is InChI=1S/C17H26N2O2/c1-20-10-7-19-14-17(15-3-2-6-18-11-15)12-16(13-17)4-8-21-9-5-16/h2-3,6,11,19H,4-5,7-10,12-14H2,1H3. The summed E-state index contributed by atoms with van der Waals surface area (Å²) in [4.78, 5) is 4.33. The zero-order valence-corrected chi connectivity index (χ0v) is 12.9. The van der Waals surface area contributed by atoms with Gasteiger partial charge in [-0.15, -0.1) is 0 Å². The van der Waals surface area contributed by atoms with Crippen molar-refractivity contribution in [2.75, 3.05) is 40.0 Å². The third-order valence-corrected chi connectivity index (χ3v) is 5.20. The first-order valence-corrected chi connectivity index (χ1v) is 7.97. The molecule has 0 atom stereocenters. The van der Waals surface area contributed by atoms with Crippen LogP contribution in [0.2, 0.25) is 0 Å². The zero-order valence-electron chi connectivity index (χ0n) is 12.9. The number of rotatable bonds is 6. The van der Waals surface area contributed by atoms with E-state index < -0.39 is 0 Å². The van der Waals surface area contributed by atoms with Crippen LogP contribution in [0.4, 0.5) is 0 Å². The Labute approximate surface area is 127 Å². The number of hydrogen-bond donors (Lipinski definition) is 1. The lowest BCUT2D eigenvalue weighted by molar-refractivity contribution is -0.0739. The number of methoxy groups -OCH3 is 1. The molecule has 4 heteroatoms. The Morgan fingerprint density at radius 2 is 2.14 bits per heavy atom. The Kier molecular flexibility index (Phi) is 4.57. The van der Waals surface area contributed by atoms with E-state index in [4.69, 9.17) is 9.47 Å². The first kappa shape index (κ1) is 14.9. The Morgan fingerprint density at radius 3 is 2.81 bits per heavy atom. The van der Waals surface area contributed by atoms with Crippen LogP contribution in [0, 0.1) is 5.41 Å². The largest absolute Gasteiger partial charge is 0.383 e. The molecule has 1 aliphatic heterocycles. The highest BCUT2D eigenvalue weighted by Gasteiger charge is 2.55. The van der Waals surface area contributed by atoms with E-state index in [1.54, 1.807) is 7.11 Å². The van der Waals surface area contributed by atoms with E-state index in [-0.39, 0.29) is 5.41 Å². The van der Waals surface area contributed by atoms with E-state index in [0.29, 0.717) is 5.41 Å². The van der Waals surface area contributed by atoms with Gasteiger partial charge in [-0.1, -0.05) is 6.07 Å². The van der Waals surface area contributed by atoms with Gasteiger partial charge in [0.2, 0.25) is 0 Å². The summed E-state index contributed by atoms with van der Waals surface area (Å²) in [5.41, 5.74) is 2.14. The molecule has 2 heterocycles. The molecule has 1 aromatic rings. The van der Waals surface area contributed by atoms with Gasteiger partial charge >= 0.3 is 0 Å². The molecule has 2 aliphatic rings. The smallest absolute Gasteiger partial charge is 0.0587 e. The van der Waals surface area contributed by atoms with E-state index >= 15 is 0 Å². The molecule has 1 aliphatic carbocycles. The van der Waals surface area contributed by atoms with Crippen molar-refractivity contribution in [1.82, 2.24) is 10.3 Å². The third-order valence-electron chi connectivity index (χ3n) is 5.20. The van der Waals surface area contributed by atoms with Crippen molar-refractivity contribution < 1.29 is 9.47 Å². The molecule has 0 unspecified atom stereocenters. The fourth-order valence-corrected chi connectivity index (χ4v) is 4.15. The summed E-state index contributed by atoms with van der Waals surface area (Å²) in [7, 11) is 1.75. The van der Waals surface area contributed by atoms with Crippen LogP contribution in [0.5, 0.6) is 0 Å². The van der Waals surface area contributed by atoms with Crippen LogP contribution in [-0.2, 0) is 14.9 Å². The quantitative estimate of drug-likeness (QED) is 0.815. The number of ether oxygens (including phenoxy) is 2. The van der Waals surface area contributed by atoms with E-state index in [0.717, 1.165) is 32.9 Å². The highest BCUT2D eigenvalue weighted by molar-refractivity contribution is 5.29. The van der Waals surface area contributed by atoms with Crippen LogP contribution < -0.4 is 5.32 Å². The molecule has 3 rings (SSSR count). The van der Waals surface area contributed by atoms with Gasteiger partial charge in [0.15, 0.2) is 0 Å². The van der Waals surface area contributed by atoms with Crippen LogP contribution >= 0.6 is 0 Å². The van der Waals surface area contributed by atoms with Crippen LogP contribution in [0.3, 0.4) is 0 Å². The molecule has 21 heavy (non-hydrogen) atoms. The molecule has 0 bridgehead atoms. The summed E-state index contributed by atoms with van der Waals surface area (Å²) in [6.07, 6.45) is 8.85. The van der Waals surface area contributed by atoms with Crippen LogP contribution in [0.25, 0.3) is 0 Å². The Bertz CT molecular complexity index is 435. The van der Waals surface area contributed by atoms with E-state index in [2.05, 4.69) is 22.4 Å². The molecule has 2 fully saturated rings. The normalized spacial score (nSPS) is 22.9. The molecule has 1 spiro atoms. The molecule has 4 nitrogen and oxygen atoms in total. The molecule has 1 saturated carbocycles. The summed E-state index contributed by atoms with van der Waals surface area (Å²) in [5, 5.41) is 3.57. The minimum Gasteiger partial charge on any atom is -0.383 e. The second-order valence-electron chi connectivity index (χ2n) is 6.66. The van der Waals surface area contributed by atoms with Crippen molar-refractivity contribution in [2.45, 2.75) is 31.1 Å². The predicted octanol–water partition coefficient (Wildman–Crippen LogP) is 2.15. The Balaban J connectivity index is 1.68. The highest BCUT2D eigenvalue weighted by atomic mass is 16.5. The Morgan fingerprint density at radius 1 is 1.33 bits per heavy atom. The second-order valence-corrected chi connectivity index (χ2v) is 6.66. The van der Waals surface area contributed by atoms with Crippen molar-refractivity contribution in [3.8, 4) is 0 Å². The Hall–Kier alpha value is -0.970. The molecular weight excluding hydrogens is 264 g/mol. The van der Waals surface area contributed by atoms with Crippen LogP contribution in [0.15, 0.2) is 24.5 Å². The minimum absolute atomic E-state index is 0.249. The van der Waals surface area contributed by atoms with Gasteiger partial charge in [0.25, 0.3) is 0 Å². The maximum absolute atomic E-state index is 5.54. The molecule has 0 radical (unpaired) electrons. The lowest BCUT2D eigenvalue weighted by Gasteiger charge is -2.58. The SMILES string of the molecule is COCCNCC1(c2cccnc2)CC2(CCOCC2)C1. The van der Waals surface area contributed by atoms with Gasteiger partial charge < -0.3 is 14.8 Å². The lowest BCUT2D eigenvalue weighted by Crippen LogP contribution is -2.56. The summed E-state index contributed by atoms with van der Waals surface area (Å²) >= 11 is 0. The van der Waals surface area contributed by atoms with Gasteiger partial charge in [0.1, 0.15) is 0 Å². The third kappa shape index (κ3) is 3.12. The number of aromatic nitrogens is 1. The highest BCUT2D eigenvalue weighted by Crippen LogP contribution is 2.59. The molecule has 1 saturated heterocycles. The molecule has 116 valence electrons. The molecule has 0 aromatic carbocycles. The average Bonchev–Trinajstić information content (AvgIpc) is 2.51. The topological polar surface area (TPSA) is 43.4 Å². The number of nitrogens with zero attached hydrogens (tertiary/aromatic N) is 1. The maximum Gasteiger partial charge on any atom is 0.0587 e. The fraction of sp³-hybridized carbons (Fsp3) is 0.706. The summed E-state index contributed by atoms with van der Waals surface area (Å²) in [5.74, 6) is 0. The van der Waals surface area contributed by atoms with E-state index in [1.165, 1.54) is 31.2 Å². The lowest BCUT2D eigenvalue weighted by atomic mass is 9.48. The summed E-state index contributed by atoms with van der Waals surface area (Å²) < 4.78 is 10.7. The predicted molar refractivity (Wildman–Crippen MR) is 82.4 cm³/mol. The van der Waals surface area contributed by atoms with Gasteiger partial charge in [0, 0.05) is 51.2 Å². The average molecular weight is 290 g/mol. The molecule has 1 aromatic heterocycles. The minimum atomic E-state index is 0.249. The van der Waals surface area contributed by atoms with Crippen LogP contribution in [0.1, 0.15) is 31.2 Å². The molecular formula is C17H26N2O2. The molecule has 1 N–H and O–H groups in total. The number of pyridine rings is 1. The number of nitrogens with one attached hydrogen (secondary N) is 1. The van der Waals surface area contributed by atoms with Gasteiger partial charge in [-0.25, -0.2) is 0 Å². The first-order chi connectivity index (χ1) is 10.3. The van der Waals surface area contributed by atoms with Gasteiger partial charge in [-0.3, -0.25) is 4.98 Å². The van der Waals surface area contributed by atoms with Gasteiger partial charge in [-0.2, -0.15) is 0 Å². The summed E-state index contributed by atoms with van der Waals surface area (Å²) in [6.45, 7) is 4.56. The van der Waals surface area contributed by atoms with Crippen molar-refractivity contribution >= 4 is 0 Å². The van der Waals surface area contributed by atoms with Crippen molar-refractivity contribution in [3.05, 3.63) is 30.1 Å². The maximum atomic E-state index is 5.54.